The zero-order valence-electron chi connectivity index (χ0n) is 24.5. The van der Waals surface area contributed by atoms with Crippen LogP contribution in [0.1, 0.15) is 54.4 Å². The van der Waals surface area contributed by atoms with Gasteiger partial charge in [0.2, 0.25) is 5.91 Å². The third-order valence-electron chi connectivity index (χ3n) is 7.63. The summed E-state index contributed by atoms with van der Waals surface area (Å²) in [5, 5.41) is 22.1. The fraction of sp³-hybridized carbons (Fsp3) is 0.286. The van der Waals surface area contributed by atoms with Crippen LogP contribution in [0.15, 0.2) is 102 Å². The molecule has 3 N–H and O–H groups in total. The quantitative estimate of drug-likeness (QED) is 0.160. The Labute approximate surface area is 261 Å². The summed E-state index contributed by atoms with van der Waals surface area (Å²) in [6.45, 7) is 2.44. The molecule has 228 valence electrons. The average Bonchev–Trinajstić information content (AvgIpc) is 3.06. The molecule has 1 aromatic heterocycles. The number of amides is 1. The molecule has 1 amide bonds. The first-order valence-corrected chi connectivity index (χ1v) is 15.6. The van der Waals surface area contributed by atoms with Gasteiger partial charge in [0.15, 0.2) is 6.29 Å². The first-order chi connectivity index (χ1) is 21.4. The van der Waals surface area contributed by atoms with E-state index in [2.05, 4.69) is 23.3 Å². The van der Waals surface area contributed by atoms with Gasteiger partial charge in [0.1, 0.15) is 0 Å². The topological polar surface area (TPSA) is 118 Å². The summed E-state index contributed by atoms with van der Waals surface area (Å²) in [5.74, 6) is -0.514. The number of hydrogen-bond acceptors (Lipinski definition) is 7. The molecule has 1 fully saturated rings. The standard InChI is InChI=1S/C35H36N2O6S/c1-23-30(22-44-32-10-2-3-17-36-32)42-35(43-34(23)26-13-11-24(21-38)12-14-26)29-9-5-8-28(19-29)27-7-4-6-25(18-27)20-37-31(39)15-16-33(40)41/h2-14,17-19,23,30,34-35,38H,15-16,20-22H2,1H3,(H,37,39)(H,40,41)/t23-,30+,34+,35+/m1/s1. The number of ether oxygens (including phenoxy) is 2. The minimum atomic E-state index is -0.994. The fourth-order valence-electron chi connectivity index (χ4n) is 5.15. The van der Waals surface area contributed by atoms with Gasteiger partial charge in [-0.05, 0) is 52.1 Å². The molecule has 9 heteroatoms. The molecule has 0 spiro atoms. The molecule has 0 radical (unpaired) electrons. The molecule has 0 aliphatic carbocycles. The summed E-state index contributed by atoms with van der Waals surface area (Å²) in [4.78, 5) is 27.2. The van der Waals surface area contributed by atoms with Crippen LogP contribution in [0.2, 0.25) is 0 Å². The van der Waals surface area contributed by atoms with Crippen molar-refractivity contribution in [1.29, 1.82) is 0 Å². The van der Waals surface area contributed by atoms with Crippen molar-refractivity contribution < 1.29 is 29.3 Å². The molecule has 8 nitrogen and oxygen atoms in total. The van der Waals surface area contributed by atoms with Gasteiger partial charge in [-0.2, -0.15) is 0 Å². The highest BCUT2D eigenvalue weighted by Gasteiger charge is 2.38. The van der Waals surface area contributed by atoms with Crippen LogP contribution < -0.4 is 5.32 Å². The number of aliphatic carboxylic acids is 1. The third kappa shape index (κ3) is 8.33. The average molecular weight is 613 g/mol. The van der Waals surface area contributed by atoms with Crippen LogP contribution in [-0.4, -0.2) is 38.9 Å². The number of carbonyl (C=O) groups is 2. The zero-order chi connectivity index (χ0) is 30.9. The number of aliphatic hydroxyl groups is 1. The molecule has 5 rings (SSSR count). The van der Waals surface area contributed by atoms with Crippen LogP contribution in [-0.2, 0) is 32.2 Å². The number of nitrogens with one attached hydrogen (secondary N) is 1. The Hall–Kier alpha value is -4.02. The van der Waals surface area contributed by atoms with Gasteiger partial charge in [0, 0.05) is 36.4 Å². The number of carboxylic acids is 1. The van der Waals surface area contributed by atoms with Crippen LogP contribution in [0.4, 0.5) is 0 Å². The van der Waals surface area contributed by atoms with Crippen molar-refractivity contribution in [2.24, 2.45) is 5.92 Å². The highest BCUT2D eigenvalue weighted by atomic mass is 32.2. The SMILES string of the molecule is C[C@@H]1[C@H](CSc2ccccn2)O[C@H](c2cccc(-c3cccc(CNC(=O)CCC(=O)O)c3)c2)O[C@@H]1c1ccc(CO)cc1. The molecule has 0 saturated carbocycles. The number of rotatable bonds is 12. The van der Waals surface area contributed by atoms with Crippen molar-refractivity contribution in [1.82, 2.24) is 10.3 Å². The van der Waals surface area contributed by atoms with Crippen molar-refractivity contribution >= 4 is 23.6 Å². The molecular weight excluding hydrogens is 576 g/mol. The molecule has 1 aliphatic heterocycles. The second-order valence-corrected chi connectivity index (χ2v) is 11.8. The Morgan fingerprint density at radius 2 is 1.64 bits per heavy atom. The molecular formula is C35H36N2O6S. The van der Waals surface area contributed by atoms with E-state index in [1.54, 1.807) is 18.0 Å². The van der Waals surface area contributed by atoms with E-state index in [1.165, 1.54) is 0 Å². The Bertz CT molecular complexity index is 1550. The van der Waals surface area contributed by atoms with Crippen molar-refractivity contribution in [3.63, 3.8) is 0 Å². The van der Waals surface area contributed by atoms with E-state index in [9.17, 15) is 14.7 Å². The van der Waals surface area contributed by atoms with Crippen LogP contribution >= 0.6 is 11.8 Å². The maximum absolute atomic E-state index is 12.0. The zero-order valence-corrected chi connectivity index (χ0v) is 25.3. The maximum atomic E-state index is 12.0. The van der Waals surface area contributed by atoms with E-state index in [-0.39, 0.29) is 43.5 Å². The molecule has 0 bridgehead atoms. The fourth-order valence-corrected chi connectivity index (χ4v) is 6.17. The second-order valence-electron chi connectivity index (χ2n) is 10.8. The van der Waals surface area contributed by atoms with E-state index in [0.717, 1.165) is 38.4 Å². The molecule has 2 heterocycles. The van der Waals surface area contributed by atoms with Crippen molar-refractivity contribution in [2.75, 3.05) is 5.75 Å². The lowest BCUT2D eigenvalue weighted by Crippen LogP contribution is -2.38. The number of aliphatic hydroxyl groups excluding tert-OH is 1. The lowest BCUT2D eigenvalue weighted by atomic mass is 9.91. The van der Waals surface area contributed by atoms with Gasteiger partial charge < -0.3 is 25.0 Å². The molecule has 4 aromatic rings. The lowest BCUT2D eigenvalue weighted by Gasteiger charge is -2.41. The number of hydrogen-bond donors (Lipinski definition) is 3. The molecule has 0 unspecified atom stereocenters. The van der Waals surface area contributed by atoms with Gasteiger partial charge in [0.05, 0.1) is 30.3 Å². The summed E-state index contributed by atoms with van der Waals surface area (Å²) >= 11 is 1.66. The molecule has 1 saturated heterocycles. The van der Waals surface area contributed by atoms with E-state index in [1.807, 2.05) is 84.9 Å². The Kier molecular flexibility index (Phi) is 10.8. The minimum Gasteiger partial charge on any atom is -0.481 e. The Morgan fingerprint density at radius 1 is 0.864 bits per heavy atom. The number of carbonyl (C=O) groups excluding carboxylic acids is 1. The summed E-state index contributed by atoms with van der Waals surface area (Å²) in [6.07, 6.45) is 0.622. The van der Waals surface area contributed by atoms with Crippen molar-refractivity contribution in [3.8, 4) is 11.1 Å². The van der Waals surface area contributed by atoms with Gasteiger partial charge in [-0.3, -0.25) is 9.59 Å². The number of thioether (sulfide) groups is 1. The monoisotopic (exact) mass is 612 g/mol. The summed E-state index contributed by atoms with van der Waals surface area (Å²) in [7, 11) is 0. The molecule has 44 heavy (non-hydrogen) atoms. The van der Waals surface area contributed by atoms with E-state index in [0.29, 0.717) is 12.3 Å². The lowest BCUT2D eigenvalue weighted by molar-refractivity contribution is -0.268. The highest BCUT2D eigenvalue weighted by Crippen LogP contribution is 2.43. The summed E-state index contributed by atoms with van der Waals surface area (Å²) < 4.78 is 13.3. The Morgan fingerprint density at radius 3 is 2.36 bits per heavy atom. The van der Waals surface area contributed by atoms with E-state index >= 15 is 0 Å². The predicted octanol–water partition coefficient (Wildman–Crippen LogP) is 6.31. The van der Waals surface area contributed by atoms with E-state index < -0.39 is 12.3 Å². The van der Waals surface area contributed by atoms with Crippen LogP contribution in [0.25, 0.3) is 11.1 Å². The van der Waals surface area contributed by atoms with E-state index in [4.69, 9.17) is 14.6 Å². The highest BCUT2D eigenvalue weighted by molar-refractivity contribution is 7.99. The maximum Gasteiger partial charge on any atom is 0.303 e. The van der Waals surface area contributed by atoms with Crippen molar-refractivity contribution in [3.05, 3.63) is 119 Å². The normalized spacial score (nSPS) is 19.8. The largest absolute Gasteiger partial charge is 0.481 e. The van der Waals surface area contributed by atoms with Gasteiger partial charge in [0.25, 0.3) is 0 Å². The summed E-state index contributed by atoms with van der Waals surface area (Å²) in [5.41, 5.74) is 5.65. The number of carboxylic acid groups (broad SMARTS) is 1. The molecule has 4 atom stereocenters. The summed E-state index contributed by atoms with van der Waals surface area (Å²) in [6, 6.07) is 29.7. The second kappa shape index (κ2) is 15.1. The van der Waals surface area contributed by atoms with Gasteiger partial charge >= 0.3 is 5.97 Å². The molecule has 3 aromatic carbocycles. The van der Waals surface area contributed by atoms with Gasteiger partial charge in [-0.1, -0.05) is 73.7 Å². The number of benzene rings is 3. The van der Waals surface area contributed by atoms with Crippen LogP contribution in [0.5, 0.6) is 0 Å². The first-order valence-electron chi connectivity index (χ1n) is 14.6. The van der Waals surface area contributed by atoms with Crippen molar-refractivity contribution in [2.45, 2.75) is 56.4 Å². The predicted molar refractivity (Wildman–Crippen MR) is 169 cm³/mol. The van der Waals surface area contributed by atoms with Gasteiger partial charge in [-0.25, -0.2) is 4.98 Å². The van der Waals surface area contributed by atoms with Crippen LogP contribution in [0, 0.1) is 5.92 Å². The first kappa shape index (κ1) is 31.4. The number of aromatic nitrogens is 1. The minimum absolute atomic E-state index is 0.0124. The Balaban J connectivity index is 1.35. The smallest absolute Gasteiger partial charge is 0.303 e. The number of nitrogens with zero attached hydrogens (tertiary/aromatic N) is 1. The third-order valence-corrected chi connectivity index (χ3v) is 8.66. The van der Waals surface area contributed by atoms with Gasteiger partial charge in [-0.15, -0.1) is 11.8 Å². The van der Waals surface area contributed by atoms with Crippen LogP contribution in [0.3, 0.4) is 0 Å². The molecule has 1 aliphatic rings. The number of pyridine rings is 1.